The van der Waals surface area contributed by atoms with Crippen LogP contribution in [0.1, 0.15) is 42.5 Å². The number of aryl methyl sites for hydroxylation is 1. The molecular formula is C19H27N3O. The Bertz CT molecular complexity index is 629. The maximum atomic E-state index is 6.09. The first-order chi connectivity index (χ1) is 11.2. The van der Waals surface area contributed by atoms with Gasteiger partial charge in [-0.3, -0.25) is 0 Å². The van der Waals surface area contributed by atoms with E-state index in [1.165, 1.54) is 36.8 Å². The summed E-state index contributed by atoms with van der Waals surface area (Å²) in [4.78, 5) is 0. The van der Waals surface area contributed by atoms with Crippen molar-refractivity contribution in [1.29, 1.82) is 0 Å². The molecule has 0 atom stereocenters. The molecule has 4 nitrogen and oxygen atoms in total. The number of hydrogen-bond acceptors (Lipinski definition) is 3. The number of nitrogens with one attached hydrogen (secondary N) is 1. The van der Waals surface area contributed by atoms with Crippen LogP contribution in [0.3, 0.4) is 0 Å². The molecule has 1 aromatic carbocycles. The van der Waals surface area contributed by atoms with Crippen LogP contribution in [0.25, 0.3) is 0 Å². The van der Waals surface area contributed by atoms with Gasteiger partial charge in [-0.05, 0) is 38.3 Å². The van der Waals surface area contributed by atoms with E-state index < -0.39 is 0 Å². The fourth-order valence-corrected chi connectivity index (χ4v) is 3.36. The van der Waals surface area contributed by atoms with Gasteiger partial charge in [0.1, 0.15) is 6.61 Å². The molecule has 0 amide bonds. The lowest BCUT2D eigenvalue weighted by Crippen LogP contribution is -2.12. The van der Waals surface area contributed by atoms with Gasteiger partial charge in [0.25, 0.3) is 0 Å². The zero-order valence-corrected chi connectivity index (χ0v) is 14.2. The van der Waals surface area contributed by atoms with E-state index in [1.807, 2.05) is 7.05 Å². The normalized spacial score (nSPS) is 15.2. The molecule has 1 aromatic heterocycles. The Labute approximate surface area is 138 Å². The quantitative estimate of drug-likeness (QED) is 0.847. The number of ether oxygens (including phenoxy) is 1. The van der Waals surface area contributed by atoms with Crippen molar-refractivity contribution in [2.75, 3.05) is 7.05 Å². The van der Waals surface area contributed by atoms with Gasteiger partial charge in [-0.25, -0.2) is 4.68 Å². The highest BCUT2D eigenvalue weighted by Crippen LogP contribution is 2.28. The molecule has 1 saturated carbocycles. The second-order valence-electron chi connectivity index (χ2n) is 6.61. The molecule has 23 heavy (non-hydrogen) atoms. The molecule has 1 N–H and O–H groups in total. The minimum Gasteiger partial charge on any atom is -0.473 e. The van der Waals surface area contributed by atoms with Crippen molar-refractivity contribution in [3.8, 4) is 5.88 Å². The second kappa shape index (κ2) is 7.64. The molecule has 0 saturated heterocycles. The number of aromatic nitrogens is 2. The van der Waals surface area contributed by atoms with E-state index >= 15 is 0 Å². The second-order valence-corrected chi connectivity index (χ2v) is 6.61. The van der Waals surface area contributed by atoms with Gasteiger partial charge in [0.2, 0.25) is 5.88 Å². The average Bonchev–Trinajstić information content (AvgIpc) is 3.16. The fourth-order valence-electron chi connectivity index (χ4n) is 3.36. The highest BCUT2D eigenvalue weighted by molar-refractivity contribution is 5.23. The predicted octanol–water partition coefficient (Wildman–Crippen LogP) is 3.68. The van der Waals surface area contributed by atoms with Crippen LogP contribution in [0.4, 0.5) is 0 Å². The topological polar surface area (TPSA) is 39.1 Å². The van der Waals surface area contributed by atoms with Crippen LogP contribution in [0, 0.1) is 12.8 Å². The summed E-state index contributed by atoms with van der Waals surface area (Å²) in [7, 11) is 1.95. The molecule has 4 heteroatoms. The summed E-state index contributed by atoms with van der Waals surface area (Å²) >= 11 is 0. The van der Waals surface area contributed by atoms with Gasteiger partial charge in [0.05, 0.1) is 5.69 Å². The lowest BCUT2D eigenvalue weighted by molar-refractivity contribution is 0.261. The highest BCUT2D eigenvalue weighted by atomic mass is 16.5. The minimum atomic E-state index is 0.594. The van der Waals surface area contributed by atoms with E-state index in [1.54, 1.807) is 0 Å². The summed E-state index contributed by atoms with van der Waals surface area (Å²) in [5.74, 6) is 1.64. The van der Waals surface area contributed by atoms with E-state index in [0.717, 1.165) is 30.6 Å². The van der Waals surface area contributed by atoms with Crippen molar-refractivity contribution in [3.63, 3.8) is 0 Å². The third-order valence-corrected chi connectivity index (χ3v) is 4.53. The Kier molecular flexibility index (Phi) is 5.34. The van der Waals surface area contributed by atoms with Crippen LogP contribution in [0.2, 0.25) is 0 Å². The standard InChI is InChI=1S/C19H27N3O/c1-15-6-5-9-17(10-15)14-23-19-11-18(12-20-2)21-22(19)13-16-7-3-4-8-16/h5-6,9-11,16,20H,3-4,7-8,12-14H2,1-2H3. The Balaban J connectivity index is 1.70. The molecular weight excluding hydrogens is 286 g/mol. The van der Waals surface area contributed by atoms with Gasteiger partial charge in [0.15, 0.2) is 0 Å². The van der Waals surface area contributed by atoms with Crippen molar-refractivity contribution in [2.24, 2.45) is 5.92 Å². The van der Waals surface area contributed by atoms with E-state index in [2.05, 4.69) is 47.3 Å². The molecule has 1 fully saturated rings. The maximum absolute atomic E-state index is 6.09. The molecule has 124 valence electrons. The lowest BCUT2D eigenvalue weighted by atomic mass is 10.1. The molecule has 0 spiro atoms. The monoisotopic (exact) mass is 313 g/mol. The SMILES string of the molecule is CNCc1cc(OCc2cccc(C)c2)n(CC2CCCC2)n1. The van der Waals surface area contributed by atoms with Gasteiger partial charge in [-0.15, -0.1) is 0 Å². The summed E-state index contributed by atoms with van der Waals surface area (Å²) in [6.45, 7) is 4.46. The number of rotatable bonds is 7. The van der Waals surface area contributed by atoms with Crippen molar-refractivity contribution in [1.82, 2.24) is 15.1 Å². The van der Waals surface area contributed by atoms with Crippen molar-refractivity contribution < 1.29 is 4.74 Å². The number of benzene rings is 1. The van der Waals surface area contributed by atoms with Gasteiger partial charge >= 0.3 is 0 Å². The Morgan fingerprint density at radius 1 is 1.26 bits per heavy atom. The zero-order chi connectivity index (χ0) is 16.1. The molecule has 2 aromatic rings. The first-order valence-corrected chi connectivity index (χ1v) is 8.64. The lowest BCUT2D eigenvalue weighted by Gasteiger charge is -2.13. The van der Waals surface area contributed by atoms with E-state index in [9.17, 15) is 0 Å². The van der Waals surface area contributed by atoms with Gasteiger partial charge < -0.3 is 10.1 Å². The smallest absolute Gasteiger partial charge is 0.212 e. The molecule has 1 heterocycles. The Hall–Kier alpha value is -1.81. The predicted molar refractivity (Wildman–Crippen MR) is 92.5 cm³/mol. The highest BCUT2D eigenvalue weighted by Gasteiger charge is 2.18. The largest absolute Gasteiger partial charge is 0.473 e. The van der Waals surface area contributed by atoms with Crippen LogP contribution < -0.4 is 10.1 Å². The van der Waals surface area contributed by atoms with Crippen molar-refractivity contribution in [3.05, 3.63) is 47.2 Å². The molecule has 0 bridgehead atoms. The fraction of sp³-hybridized carbons (Fsp3) is 0.526. The van der Waals surface area contributed by atoms with E-state index in [4.69, 9.17) is 9.84 Å². The molecule has 0 radical (unpaired) electrons. The first-order valence-electron chi connectivity index (χ1n) is 8.64. The van der Waals surface area contributed by atoms with Gasteiger partial charge in [-0.2, -0.15) is 5.10 Å². The Morgan fingerprint density at radius 2 is 2.09 bits per heavy atom. The molecule has 3 rings (SSSR count). The van der Waals surface area contributed by atoms with E-state index in [-0.39, 0.29) is 0 Å². The van der Waals surface area contributed by atoms with Crippen LogP contribution in [0.15, 0.2) is 30.3 Å². The number of hydrogen-bond donors (Lipinski definition) is 1. The third-order valence-electron chi connectivity index (χ3n) is 4.53. The summed E-state index contributed by atoms with van der Waals surface area (Å²) < 4.78 is 8.16. The van der Waals surface area contributed by atoms with Gasteiger partial charge in [0, 0.05) is 19.2 Å². The summed E-state index contributed by atoms with van der Waals surface area (Å²) in [6.07, 6.45) is 5.35. The van der Waals surface area contributed by atoms with Crippen LogP contribution >= 0.6 is 0 Å². The minimum absolute atomic E-state index is 0.594. The molecule has 0 unspecified atom stereocenters. The van der Waals surface area contributed by atoms with Crippen molar-refractivity contribution >= 4 is 0 Å². The molecule has 1 aliphatic carbocycles. The number of nitrogens with zero attached hydrogens (tertiary/aromatic N) is 2. The van der Waals surface area contributed by atoms with Gasteiger partial charge in [-0.1, -0.05) is 42.7 Å². The zero-order valence-electron chi connectivity index (χ0n) is 14.2. The van der Waals surface area contributed by atoms with Crippen LogP contribution in [-0.4, -0.2) is 16.8 Å². The van der Waals surface area contributed by atoms with Crippen LogP contribution in [-0.2, 0) is 19.7 Å². The maximum Gasteiger partial charge on any atom is 0.212 e. The summed E-state index contributed by atoms with van der Waals surface area (Å²) in [5.41, 5.74) is 3.51. The molecule has 1 aliphatic rings. The van der Waals surface area contributed by atoms with E-state index in [0.29, 0.717) is 6.61 Å². The van der Waals surface area contributed by atoms with Crippen LogP contribution in [0.5, 0.6) is 5.88 Å². The summed E-state index contributed by atoms with van der Waals surface area (Å²) in [5, 5.41) is 7.89. The Morgan fingerprint density at radius 3 is 2.83 bits per heavy atom. The summed E-state index contributed by atoms with van der Waals surface area (Å²) in [6, 6.07) is 10.5. The van der Waals surface area contributed by atoms with Crippen molar-refractivity contribution in [2.45, 2.75) is 52.3 Å². The average molecular weight is 313 g/mol. The first kappa shape index (κ1) is 16.1. The third kappa shape index (κ3) is 4.35. The molecule has 0 aliphatic heterocycles.